The number of rotatable bonds is 4. The third-order valence-electron chi connectivity index (χ3n) is 7.25. The number of anilines is 1. The van der Waals surface area contributed by atoms with E-state index in [0.29, 0.717) is 23.0 Å². The van der Waals surface area contributed by atoms with Gasteiger partial charge in [-0.05, 0) is 79.3 Å². The quantitative estimate of drug-likeness (QED) is 0.301. The second kappa shape index (κ2) is 9.80. The highest BCUT2D eigenvalue weighted by molar-refractivity contribution is 7.15. The molecule has 1 aliphatic heterocycles. The Labute approximate surface area is 225 Å². The maximum Gasteiger partial charge on any atom is 0.323 e. The molecule has 0 saturated heterocycles. The Morgan fingerprint density at radius 2 is 1.89 bits per heavy atom. The number of carbonyl (C=O) groups is 1. The molecule has 190 valence electrons. The first-order valence-electron chi connectivity index (χ1n) is 12.4. The summed E-state index contributed by atoms with van der Waals surface area (Å²) in [5.74, 6) is 1.31. The number of urea groups is 1. The predicted molar refractivity (Wildman–Crippen MR) is 148 cm³/mol. The molecular formula is C29H28ClN3O3S. The van der Waals surface area contributed by atoms with Crippen molar-refractivity contribution < 1.29 is 14.3 Å². The number of nitrogens with one attached hydrogen (secondary N) is 1. The zero-order chi connectivity index (χ0) is 25.5. The van der Waals surface area contributed by atoms with Crippen molar-refractivity contribution in [1.82, 2.24) is 9.47 Å². The summed E-state index contributed by atoms with van der Waals surface area (Å²) < 4.78 is 13.3. The van der Waals surface area contributed by atoms with Gasteiger partial charge in [-0.1, -0.05) is 23.7 Å². The van der Waals surface area contributed by atoms with E-state index in [1.165, 1.54) is 33.8 Å². The van der Waals surface area contributed by atoms with Crippen LogP contribution in [0.2, 0.25) is 5.02 Å². The average Bonchev–Trinajstić information content (AvgIpc) is 3.50. The maximum atomic E-state index is 14.1. The Morgan fingerprint density at radius 1 is 1.03 bits per heavy atom. The van der Waals surface area contributed by atoms with Crippen LogP contribution in [0.25, 0.3) is 5.00 Å². The number of carbonyl (C=O) groups excluding carboxylic acids is 1. The zero-order valence-corrected chi connectivity index (χ0v) is 22.4. The van der Waals surface area contributed by atoms with Crippen LogP contribution in [-0.4, -0.2) is 29.7 Å². The summed E-state index contributed by atoms with van der Waals surface area (Å²) in [6, 6.07) is 16.8. The smallest absolute Gasteiger partial charge is 0.323 e. The van der Waals surface area contributed by atoms with Gasteiger partial charge in [0.15, 0.2) is 0 Å². The molecule has 0 fully saturated rings. The maximum absolute atomic E-state index is 14.1. The zero-order valence-electron chi connectivity index (χ0n) is 20.8. The van der Waals surface area contributed by atoms with Gasteiger partial charge in [-0.3, -0.25) is 0 Å². The van der Waals surface area contributed by atoms with E-state index in [1.807, 2.05) is 34.4 Å². The Morgan fingerprint density at radius 3 is 2.73 bits per heavy atom. The number of aromatic nitrogens is 1. The number of methoxy groups -OCH3 is 2. The molecule has 6 rings (SSSR count). The number of halogens is 1. The average molecular weight is 534 g/mol. The van der Waals surface area contributed by atoms with E-state index in [-0.39, 0.29) is 12.1 Å². The van der Waals surface area contributed by atoms with E-state index >= 15 is 0 Å². The molecule has 1 unspecified atom stereocenters. The Balaban J connectivity index is 1.50. The van der Waals surface area contributed by atoms with Crippen LogP contribution in [0, 0.1) is 0 Å². The standard InChI is InChI=1S/C29H28ClN3O3S/c1-35-20-8-5-7-18(15-20)27-24-10-6-14-32(24)28-22(21-9-3-4-11-26(21)37-28)17-33(27)29(34)31-23-16-19(30)12-13-25(23)36-2/h5-8,10,12-16,27H,3-4,9,11,17H2,1-2H3,(H,31,34). The number of amides is 2. The minimum Gasteiger partial charge on any atom is -0.497 e. The topological polar surface area (TPSA) is 55.7 Å². The minimum atomic E-state index is -0.325. The summed E-state index contributed by atoms with van der Waals surface area (Å²) >= 11 is 8.15. The van der Waals surface area contributed by atoms with Gasteiger partial charge in [0, 0.05) is 21.7 Å². The SMILES string of the molecule is COc1cccc(C2c3cccn3-c3sc4c(c3CN2C(=O)Nc2cc(Cl)ccc2OC)CCCC4)c1. The van der Waals surface area contributed by atoms with Crippen LogP contribution in [0.4, 0.5) is 10.5 Å². The number of benzene rings is 2. The molecule has 2 aromatic carbocycles. The van der Waals surface area contributed by atoms with E-state index in [0.717, 1.165) is 29.8 Å². The number of aryl methyl sites for hydroxylation is 1. The molecule has 2 aromatic heterocycles. The van der Waals surface area contributed by atoms with Gasteiger partial charge in [-0.15, -0.1) is 11.3 Å². The molecule has 0 spiro atoms. The lowest BCUT2D eigenvalue weighted by atomic mass is 9.95. The van der Waals surface area contributed by atoms with Gasteiger partial charge in [0.2, 0.25) is 0 Å². The molecule has 0 saturated carbocycles. The van der Waals surface area contributed by atoms with Crippen molar-refractivity contribution in [1.29, 1.82) is 0 Å². The Hall–Kier alpha value is -3.42. The summed E-state index contributed by atoms with van der Waals surface area (Å²) in [4.78, 5) is 17.5. The highest BCUT2D eigenvalue weighted by atomic mass is 35.5. The lowest BCUT2D eigenvalue weighted by Gasteiger charge is -2.31. The van der Waals surface area contributed by atoms with Crippen LogP contribution in [0.3, 0.4) is 0 Å². The van der Waals surface area contributed by atoms with E-state index in [1.54, 1.807) is 32.4 Å². The third-order valence-corrected chi connectivity index (χ3v) is 8.82. The molecule has 2 aliphatic rings. The molecule has 3 heterocycles. The van der Waals surface area contributed by atoms with E-state index in [2.05, 4.69) is 34.3 Å². The number of hydrogen-bond donors (Lipinski definition) is 1. The minimum absolute atomic E-state index is 0.218. The van der Waals surface area contributed by atoms with Crippen LogP contribution in [-0.2, 0) is 19.4 Å². The van der Waals surface area contributed by atoms with Crippen molar-refractivity contribution in [2.24, 2.45) is 0 Å². The fourth-order valence-electron chi connectivity index (χ4n) is 5.51. The normalized spacial score (nSPS) is 16.3. The van der Waals surface area contributed by atoms with Gasteiger partial charge >= 0.3 is 6.03 Å². The second-order valence-corrected chi connectivity index (χ2v) is 10.9. The highest BCUT2D eigenvalue weighted by Gasteiger charge is 2.36. The second-order valence-electron chi connectivity index (χ2n) is 9.38. The Kier molecular flexibility index (Phi) is 6.34. The number of ether oxygens (including phenoxy) is 2. The fourth-order valence-corrected chi connectivity index (χ4v) is 7.09. The molecule has 37 heavy (non-hydrogen) atoms. The van der Waals surface area contributed by atoms with Crippen molar-refractivity contribution in [3.63, 3.8) is 0 Å². The van der Waals surface area contributed by atoms with Crippen molar-refractivity contribution in [2.75, 3.05) is 19.5 Å². The molecule has 4 aromatic rings. The predicted octanol–water partition coefficient (Wildman–Crippen LogP) is 7.23. The van der Waals surface area contributed by atoms with E-state index in [4.69, 9.17) is 21.1 Å². The molecule has 2 amide bonds. The molecule has 8 heteroatoms. The van der Waals surface area contributed by atoms with Crippen LogP contribution >= 0.6 is 22.9 Å². The summed E-state index contributed by atoms with van der Waals surface area (Å²) in [5, 5.41) is 4.84. The fraction of sp³-hybridized carbons (Fsp3) is 0.276. The number of nitrogens with zero attached hydrogens (tertiary/aromatic N) is 2. The lowest BCUT2D eigenvalue weighted by molar-refractivity contribution is 0.194. The number of thiophene rings is 1. The van der Waals surface area contributed by atoms with Crippen LogP contribution < -0.4 is 14.8 Å². The van der Waals surface area contributed by atoms with Gasteiger partial charge in [0.25, 0.3) is 0 Å². The monoisotopic (exact) mass is 533 g/mol. The van der Waals surface area contributed by atoms with E-state index < -0.39 is 0 Å². The molecule has 1 atom stereocenters. The largest absolute Gasteiger partial charge is 0.497 e. The van der Waals surface area contributed by atoms with Crippen LogP contribution in [0.1, 0.15) is 46.1 Å². The number of fused-ring (bicyclic) bond motifs is 5. The molecular weight excluding hydrogens is 506 g/mol. The van der Waals surface area contributed by atoms with Crippen LogP contribution in [0.5, 0.6) is 11.5 Å². The Bertz CT molecular complexity index is 1480. The van der Waals surface area contributed by atoms with Crippen molar-refractivity contribution in [2.45, 2.75) is 38.3 Å². The highest BCUT2D eigenvalue weighted by Crippen LogP contribution is 2.44. The molecule has 1 aliphatic carbocycles. The molecule has 0 radical (unpaired) electrons. The summed E-state index contributed by atoms with van der Waals surface area (Å²) in [7, 11) is 3.25. The van der Waals surface area contributed by atoms with Gasteiger partial charge in [-0.25, -0.2) is 4.79 Å². The molecule has 1 N–H and O–H groups in total. The van der Waals surface area contributed by atoms with Gasteiger partial charge < -0.3 is 24.3 Å². The van der Waals surface area contributed by atoms with Gasteiger partial charge in [-0.2, -0.15) is 0 Å². The first-order valence-corrected chi connectivity index (χ1v) is 13.6. The van der Waals surface area contributed by atoms with Crippen LogP contribution in [0.15, 0.2) is 60.8 Å². The van der Waals surface area contributed by atoms with Crippen molar-refractivity contribution in [3.8, 4) is 16.5 Å². The first-order chi connectivity index (χ1) is 18.1. The molecule has 6 nitrogen and oxygen atoms in total. The van der Waals surface area contributed by atoms with Gasteiger partial charge in [0.1, 0.15) is 16.5 Å². The van der Waals surface area contributed by atoms with Crippen molar-refractivity contribution in [3.05, 3.63) is 93.1 Å². The molecule has 0 bridgehead atoms. The third kappa shape index (κ3) is 4.26. The van der Waals surface area contributed by atoms with Crippen molar-refractivity contribution >= 4 is 34.7 Å². The number of hydrogen-bond acceptors (Lipinski definition) is 4. The summed E-state index contributed by atoms with van der Waals surface area (Å²) in [6.45, 7) is 0.499. The summed E-state index contributed by atoms with van der Waals surface area (Å²) in [6.07, 6.45) is 6.68. The summed E-state index contributed by atoms with van der Waals surface area (Å²) in [5.41, 5.74) is 5.22. The van der Waals surface area contributed by atoms with Gasteiger partial charge in [0.05, 0.1) is 38.2 Å². The first kappa shape index (κ1) is 23.9. The lowest BCUT2D eigenvalue weighted by Crippen LogP contribution is -2.38. The van der Waals surface area contributed by atoms with E-state index in [9.17, 15) is 4.79 Å².